The Kier molecular flexibility index (Phi) is 7.17. The standard InChI is InChI=1S/C45H31N3O/c1-4-12-30(13-5-1)32-20-24-35(25-21-32)43-46-44(36-26-22-33(23-27-36)31-14-6-2-7-15-31)48-45(47-43)42-37(34-16-8-3-9-17-34)28-29-40-41(42)38-18-10-11-19-39(38)49-40/h1-29,43H,(H,46,47,48). The van der Waals surface area contributed by atoms with Crippen LogP contribution in [-0.2, 0) is 0 Å². The molecule has 1 atom stereocenters. The predicted octanol–water partition coefficient (Wildman–Crippen LogP) is 11.1. The van der Waals surface area contributed by atoms with E-state index in [0.29, 0.717) is 5.84 Å². The molecule has 0 radical (unpaired) electrons. The van der Waals surface area contributed by atoms with Crippen LogP contribution < -0.4 is 5.32 Å². The lowest BCUT2D eigenvalue weighted by molar-refractivity contribution is 0.668. The molecule has 0 bridgehead atoms. The van der Waals surface area contributed by atoms with Crippen LogP contribution in [0.4, 0.5) is 0 Å². The number of hydrogen-bond donors (Lipinski definition) is 1. The summed E-state index contributed by atoms with van der Waals surface area (Å²) in [6.07, 6.45) is -0.363. The van der Waals surface area contributed by atoms with Gasteiger partial charge in [-0.2, -0.15) is 0 Å². The zero-order valence-electron chi connectivity index (χ0n) is 26.6. The van der Waals surface area contributed by atoms with E-state index in [-0.39, 0.29) is 6.17 Å². The first kappa shape index (κ1) is 28.7. The summed E-state index contributed by atoms with van der Waals surface area (Å²) in [4.78, 5) is 10.7. The summed E-state index contributed by atoms with van der Waals surface area (Å²) < 4.78 is 6.39. The Morgan fingerprint density at radius 1 is 0.449 bits per heavy atom. The van der Waals surface area contributed by atoms with Gasteiger partial charge in [0.15, 0.2) is 5.84 Å². The van der Waals surface area contributed by atoms with Gasteiger partial charge in [0.05, 0.1) is 0 Å². The quantitative estimate of drug-likeness (QED) is 0.199. The largest absolute Gasteiger partial charge is 0.456 e. The smallest absolute Gasteiger partial charge is 0.160 e. The summed E-state index contributed by atoms with van der Waals surface area (Å²) in [7, 11) is 0. The van der Waals surface area contributed by atoms with Crippen LogP contribution in [0.5, 0.6) is 0 Å². The molecule has 1 aliphatic rings. The molecule has 8 aromatic rings. The maximum Gasteiger partial charge on any atom is 0.160 e. The molecule has 0 saturated carbocycles. The third-order valence-corrected chi connectivity index (χ3v) is 9.19. The molecule has 49 heavy (non-hydrogen) atoms. The summed E-state index contributed by atoms with van der Waals surface area (Å²) in [6, 6.07) is 61.0. The number of hydrogen-bond acceptors (Lipinski definition) is 4. The molecule has 4 nitrogen and oxygen atoms in total. The van der Waals surface area contributed by atoms with Crippen molar-refractivity contribution in [3.05, 3.63) is 193 Å². The van der Waals surface area contributed by atoms with Gasteiger partial charge in [0.25, 0.3) is 0 Å². The average molecular weight is 630 g/mol. The van der Waals surface area contributed by atoms with E-state index in [1.165, 1.54) is 11.1 Å². The van der Waals surface area contributed by atoms with Gasteiger partial charge in [0.2, 0.25) is 0 Å². The zero-order valence-corrected chi connectivity index (χ0v) is 26.6. The second-order valence-corrected chi connectivity index (χ2v) is 12.2. The Morgan fingerprint density at radius 2 is 0.980 bits per heavy atom. The number of nitrogens with zero attached hydrogens (tertiary/aromatic N) is 2. The van der Waals surface area contributed by atoms with E-state index < -0.39 is 0 Å². The van der Waals surface area contributed by atoms with Gasteiger partial charge in [-0.3, -0.25) is 0 Å². The van der Waals surface area contributed by atoms with E-state index >= 15 is 0 Å². The lowest BCUT2D eigenvalue weighted by Crippen LogP contribution is -2.33. The Hall–Kier alpha value is -6.52. The average Bonchev–Trinajstić information content (AvgIpc) is 3.57. The number of nitrogens with one attached hydrogen (secondary N) is 1. The summed E-state index contributed by atoms with van der Waals surface area (Å²) in [5, 5.41) is 5.73. The first-order valence-corrected chi connectivity index (χ1v) is 16.5. The van der Waals surface area contributed by atoms with E-state index in [2.05, 4.69) is 151 Å². The maximum atomic E-state index is 6.39. The van der Waals surface area contributed by atoms with E-state index in [0.717, 1.165) is 66.7 Å². The number of fused-ring (bicyclic) bond motifs is 3. The Bertz CT molecular complexity index is 2480. The predicted molar refractivity (Wildman–Crippen MR) is 202 cm³/mol. The minimum atomic E-state index is -0.363. The fourth-order valence-corrected chi connectivity index (χ4v) is 6.72. The van der Waals surface area contributed by atoms with Crippen LogP contribution in [0.25, 0.3) is 55.3 Å². The summed E-state index contributed by atoms with van der Waals surface area (Å²) in [6.45, 7) is 0. The number of aliphatic imine (C=N–C) groups is 2. The Morgan fingerprint density at radius 3 is 1.63 bits per heavy atom. The highest BCUT2D eigenvalue weighted by atomic mass is 16.3. The van der Waals surface area contributed by atoms with E-state index in [1.807, 2.05) is 30.3 Å². The molecule has 4 heteroatoms. The maximum absolute atomic E-state index is 6.39. The van der Waals surface area contributed by atoms with Crippen molar-refractivity contribution in [1.82, 2.24) is 5.32 Å². The zero-order chi connectivity index (χ0) is 32.6. The molecular formula is C45H31N3O. The number of amidine groups is 2. The monoisotopic (exact) mass is 629 g/mol. The molecule has 0 aliphatic carbocycles. The van der Waals surface area contributed by atoms with E-state index in [1.54, 1.807) is 0 Å². The van der Waals surface area contributed by atoms with Crippen LogP contribution in [-0.4, -0.2) is 11.7 Å². The number of benzene rings is 7. The second-order valence-electron chi connectivity index (χ2n) is 12.2. The topological polar surface area (TPSA) is 49.9 Å². The van der Waals surface area contributed by atoms with Crippen molar-refractivity contribution in [2.24, 2.45) is 9.98 Å². The van der Waals surface area contributed by atoms with Crippen LogP contribution in [0.3, 0.4) is 0 Å². The molecule has 1 N–H and O–H groups in total. The minimum Gasteiger partial charge on any atom is -0.456 e. The molecule has 7 aromatic carbocycles. The fourth-order valence-electron chi connectivity index (χ4n) is 6.72. The van der Waals surface area contributed by atoms with Crippen LogP contribution in [0.2, 0.25) is 0 Å². The van der Waals surface area contributed by atoms with Crippen molar-refractivity contribution in [1.29, 1.82) is 0 Å². The number of para-hydroxylation sites is 1. The molecule has 9 rings (SSSR count). The van der Waals surface area contributed by atoms with Gasteiger partial charge in [-0.25, -0.2) is 9.98 Å². The van der Waals surface area contributed by atoms with Gasteiger partial charge in [-0.1, -0.05) is 158 Å². The van der Waals surface area contributed by atoms with Crippen molar-refractivity contribution in [2.75, 3.05) is 0 Å². The van der Waals surface area contributed by atoms with Crippen LogP contribution in [0.1, 0.15) is 22.9 Å². The first-order chi connectivity index (χ1) is 24.3. The lowest BCUT2D eigenvalue weighted by atomic mass is 9.94. The minimum absolute atomic E-state index is 0.363. The fraction of sp³-hybridized carbons (Fsp3) is 0.0222. The van der Waals surface area contributed by atoms with Gasteiger partial charge < -0.3 is 9.73 Å². The SMILES string of the molecule is c1ccc(-c2ccc(C3=NC(c4c(-c5ccccc5)ccc5oc6ccccc6c45)=NC(c4ccc(-c5ccccc5)cc4)N3)cc2)cc1. The van der Waals surface area contributed by atoms with Gasteiger partial charge in [-0.15, -0.1) is 0 Å². The van der Waals surface area contributed by atoms with Crippen molar-refractivity contribution in [2.45, 2.75) is 6.17 Å². The lowest BCUT2D eigenvalue weighted by Gasteiger charge is -2.25. The molecule has 0 amide bonds. The highest BCUT2D eigenvalue weighted by Crippen LogP contribution is 2.39. The third kappa shape index (κ3) is 5.39. The molecule has 232 valence electrons. The normalized spacial score (nSPS) is 14.3. The van der Waals surface area contributed by atoms with Crippen LogP contribution in [0, 0.1) is 0 Å². The summed E-state index contributed by atoms with van der Waals surface area (Å²) in [5.74, 6) is 1.43. The molecule has 1 aromatic heterocycles. The first-order valence-electron chi connectivity index (χ1n) is 16.5. The molecular weight excluding hydrogens is 599 g/mol. The molecule has 1 aliphatic heterocycles. The molecule has 2 heterocycles. The molecule has 0 saturated heterocycles. The van der Waals surface area contributed by atoms with Crippen molar-refractivity contribution >= 4 is 33.6 Å². The second kappa shape index (κ2) is 12.3. The van der Waals surface area contributed by atoms with Crippen LogP contribution in [0.15, 0.2) is 190 Å². The third-order valence-electron chi connectivity index (χ3n) is 9.19. The molecule has 0 fully saturated rings. The Balaban J connectivity index is 1.23. The van der Waals surface area contributed by atoms with Gasteiger partial charge in [0, 0.05) is 21.9 Å². The van der Waals surface area contributed by atoms with Gasteiger partial charge in [0.1, 0.15) is 23.2 Å². The summed E-state index contributed by atoms with van der Waals surface area (Å²) in [5.41, 5.74) is 11.5. The van der Waals surface area contributed by atoms with E-state index in [4.69, 9.17) is 14.4 Å². The van der Waals surface area contributed by atoms with E-state index in [9.17, 15) is 0 Å². The highest BCUT2D eigenvalue weighted by molar-refractivity contribution is 6.24. The van der Waals surface area contributed by atoms with Crippen molar-refractivity contribution < 1.29 is 4.42 Å². The highest BCUT2D eigenvalue weighted by Gasteiger charge is 2.26. The van der Waals surface area contributed by atoms with Crippen LogP contribution >= 0.6 is 0 Å². The van der Waals surface area contributed by atoms with Gasteiger partial charge >= 0.3 is 0 Å². The molecule has 0 spiro atoms. The number of rotatable bonds is 6. The number of furan rings is 1. The molecule has 1 unspecified atom stereocenters. The Labute approximate surface area is 284 Å². The van der Waals surface area contributed by atoms with Gasteiger partial charge in [-0.05, 0) is 57.1 Å². The van der Waals surface area contributed by atoms with Crippen molar-refractivity contribution in [3.8, 4) is 33.4 Å². The summed E-state index contributed by atoms with van der Waals surface area (Å²) >= 11 is 0. The van der Waals surface area contributed by atoms with Crippen molar-refractivity contribution in [3.63, 3.8) is 0 Å².